The maximum absolute atomic E-state index is 13.9. The highest BCUT2D eigenvalue weighted by molar-refractivity contribution is 6.30. The number of carbonyl (C=O) groups is 1. The van der Waals surface area contributed by atoms with Crippen LogP contribution in [0.5, 0.6) is 11.5 Å². The van der Waals surface area contributed by atoms with Crippen LogP contribution in [0.1, 0.15) is 33.3 Å². The first-order valence-electron chi connectivity index (χ1n) is 10.2. The third-order valence-electron chi connectivity index (χ3n) is 5.88. The number of carbonyl (C=O) groups excluding carboxylic acids is 1. The second-order valence-corrected chi connectivity index (χ2v) is 8.33. The van der Waals surface area contributed by atoms with Gasteiger partial charge in [-0.15, -0.1) is 0 Å². The molecule has 0 radical (unpaired) electrons. The molecule has 4 aromatic rings. The molecule has 1 amide bonds. The van der Waals surface area contributed by atoms with E-state index in [2.05, 4.69) is 0 Å². The first-order valence-corrected chi connectivity index (χ1v) is 10.6. The summed E-state index contributed by atoms with van der Waals surface area (Å²) in [4.78, 5) is 28.5. The summed E-state index contributed by atoms with van der Waals surface area (Å²) in [7, 11) is 0. The van der Waals surface area contributed by atoms with Gasteiger partial charge in [-0.1, -0.05) is 29.8 Å². The molecule has 6 nitrogen and oxygen atoms in total. The molecule has 3 heterocycles. The summed E-state index contributed by atoms with van der Waals surface area (Å²) in [6, 6.07) is 15.3. The number of hydrogen-bond donors (Lipinski definition) is 0. The summed E-state index contributed by atoms with van der Waals surface area (Å²) in [5.74, 6) is 0.175. The van der Waals surface area contributed by atoms with E-state index in [1.807, 2.05) is 6.07 Å². The number of rotatable bonds is 3. The summed E-state index contributed by atoms with van der Waals surface area (Å²) >= 11 is 6.23. The molecule has 1 aromatic heterocycles. The van der Waals surface area contributed by atoms with E-state index < -0.39 is 23.2 Å². The molecule has 0 aliphatic carbocycles. The van der Waals surface area contributed by atoms with E-state index in [1.165, 1.54) is 12.1 Å². The minimum atomic E-state index is -0.749. The SMILES string of the molecule is O=C1c2oc3ccc(F)cc3c(=O)c2[C@@H](c2cccc(Cl)c2)N1Cc1ccc2c(c1)OCO2. The normalized spacial score (nSPS) is 16.5. The average molecular weight is 464 g/mol. The van der Waals surface area contributed by atoms with E-state index in [0.29, 0.717) is 22.1 Å². The number of amides is 1. The lowest BCUT2D eigenvalue weighted by atomic mass is 9.98. The largest absolute Gasteiger partial charge is 0.454 e. The number of fused-ring (bicyclic) bond motifs is 3. The monoisotopic (exact) mass is 463 g/mol. The quantitative estimate of drug-likeness (QED) is 0.425. The van der Waals surface area contributed by atoms with Crippen molar-refractivity contribution < 1.29 is 23.1 Å². The molecule has 0 saturated carbocycles. The molecule has 6 rings (SSSR count). The Hall–Kier alpha value is -3.84. The molecule has 0 N–H and O–H groups in total. The van der Waals surface area contributed by atoms with E-state index in [4.69, 9.17) is 25.5 Å². The molecule has 0 fully saturated rings. The number of nitrogens with zero attached hydrogens (tertiary/aromatic N) is 1. The number of halogens is 2. The fourth-order valence-electron chi connectivity index (χ4n) is 4.41. The van der Waals surface area contributed by atoms with E-state index in [-0.39, 0.29) is 35.6 Å². The molecule has 0 bridgehead atoms. The van der Waals surface area contributed by atoms with E-state index in [9.17, 15) is 14.0 Å². The van der Waals surface area contributed by atoms with Crippen LogP contribution in [0.3, 0.4) is 0 Å². The van der Waals surface area contributed by atoms with Crippen molar-refractivity contribution in [2.75, 3.05) is 6.79 Å². The highest BCUT2D eigenvalue weighted by atomic mass is 35.5. The summed E-state index contributed by atoms with van der Waals surface area (Å²) in [5, 5.41) is 0.547. The van der Waals surface area contributed by atoms with Crippen LogP contribution in [0, 0.1) is 5.82 Å². The van der Waals surface area contributed by atoms with Crippen molar-refractivity contribution in [1.29, 1.82) is 0 Å². The maximum Gasteiger partial charge on any atom is 0.291 e. The summed E-state index contributed by atoms with van der Waals surface area (Å²) in [6.45, 7) is 0.320. The van der Waals surface area contributed by atoms with E-state index in [0.717, 1.165) is 11.6 Å². The third kappa shape index (κ3) is 3.15. The Balaban J connectivity index is 1.53. The molecule has 3 aromatic carbocycles. The predicted octanol–water partition coefficient (Wildman–Crippen LogP) is 5.06. The van der Waals surface area contributed by atoms with Gasteiger partial charge in [0.05, 0.1) is 17.0 Å². The van der Waals surface area contributed by atoms with Crippen molar-refractivity contribution >= 4 is 28.5 Å². The molecule has 164 valence electrons. The van der Waals surface area contributed by atoms with Crippen LogP contribution in [-0.4, -0.2) is 17.6 Å². The molecule has 0 saturated heterocycles. The van der Waals surface area contributed by atoms with Crippen molar-refractivity contribution in [3.8, 4) is 11.5 Å². The van der Waals surface area contributed by atoms with Gasteiger partial charge in [-0.2, -0.15) is 0 Å². The number of benzene rings is 3. The van der Waals surface area contributed by atoms with Crippen LogP contribution in [0.4, 0.5) is 4.39 Å². The topological polar surface area (TPSA) is 69.0 Å². The fraction of sp³-hybridized carbons (Fsp3) is 0.120. The molecule has 8 heteroatoms. The van der Waals surface area contributed by atoms with Gasteiger partial charge in [0.15, 0.2) is 16.9 Å². The number of hydrogen-bond acceptors (Lipinski definition) is 5. The molecule has 2 aliphatic rings. The lowest BCUT2D eigenvalue weighted by Gasteiger charge is -2.25. The second kappa shape index (κ2) is 7.35. The van der Waals surface area contributed by atoms with Crippen LogP contribution in [0.2, 0.25) is 5.02 Å². The highest BCUT2D eigenvalue weighted by Gasteiger charge is 2.43. The van der Waals surface area contributed by atoms with Crippen molar-refractivity contribution in [3.05, 3.63) is 104 Å². The summed E-state index contributed by atoms with van der Waals surface area (Å²) < 4.78 is 30.6. The third-order valence-corrected chi connectivity index (χ3v) is 6.12. The molecule has 0 spiro atoms. The zero-order valence-corrected chi connectivity index (χ0v) is 17.8. The van der Waals surface area contributed by atoms with Gasteiger partial charge in [0.25, 0.3) is 5.91 Å². The second-order valence-electron chi connectivity index (χ2n) is 7.89. The van der Waals surface area contributed by atoms with Crippen LogP contribution in [0.15, 0.2) is 69.9 Å². The summed E-state index contributed by atoms with van der Waals surface area (Å²) in [6.07, 6.45) is 0. The van der Waals surface area contributed by atoms with Crippen LogP contribution in [-0.2, 0) is 6.54 Å². The first kappa shape index (κ1) is 19.8. The van der Waals surface area contributed by atoms with Gasteiger partial charge >= 0.3 is 0 Å². The molecular weight excluding hydrogens is 449 g/mol. The average Bonchev–Trinajstić information content (AvgIpc) is 3.37. The maximum atomic E-state index is 13.9. The Labute approximate surface area is 191 Å². The molecule has 33 heavy (non-hydrogen) atoms. The predicted molar refractivity (Wildman–Crippen MR) is 118 cm³/mol. The van der Waals surface area contributed by atoms with Gasteiger partial charge in [-0.05, 0) is 53.6 Å². The standard InChI is InChI=1S/C25H15ClFNO5/c26-15-3-1-2-14(9-15)22-21-23(29)17-10-16(27)5-7-18(17)33-24(21)25(30)28(22)11-13-4-6-19-20(8-13)32-12-31-19/h1-10,22H,11-12H2/t22-/m1/s1. The van der Waals surface area contributed by atoms with Gasteiger partial charge in [-0.3, -0.25) is 9.59 Å². The van der Waals surface area contributed by atoms with Gasteiger partial charge in [0, 0.05) is 11.6 Å². The molecule has 0 unspecified atom stereocenters. The zero-order valence-electron chi connectivity index (χ0n) is 17.0. The zero-order chi connectivity index (χ0) is 22.7. The Morgan fingerprint density at radius 1 is 1.00 bits per heavy atom. The minimum Gasteiger partial charge on any atom is -0.454 e. The van der Waals surface area contributed by atoms with Gasteiger partial charge < -0.3 is 18.8 Å². The Kier molecular flexibility index (Phi) is 4.41. The van der Waals surface area contributed by atoms with Gasteiger partial charge in [0.2, 0.25) is 12.6 Å². The van der Waals surface area contributed by atoms with Crippen molar-refractivity contribution in [1.82, 2.24) is 4.90 Å². The van der Waals surface area contributed by atoms with E-state index in [1.54, 1.807) is 41.3 Å². The van der Waals surface area contributed by atoms with Gasteiger partial charge in [-0.25, -0.2) is 4.39 Å². The van der Waals surface area contributed by atoms with Crippen LogP contribution in [0.25, 0.3) is 11.0 Å². The van der Waals surface area contributed by atoms with Crippen LogP contribution < -0.4 is 14.9 Å². The Morgan fingerprint density at radius 3 is 2.70 bits per heavy atom. The lowest BCUT2D eigenvalue weighted by molar-refractivity contribution is 0.0714. The summed E-state index contributed by atoms with van der Waals surface area (Å²) in [5.41, 5.74) is 1.32. The minimum absolute atomic E-state index is 0.0511. The first-order chi connectivity index (χ1) is 16.0. The van der Waals surface area contributed by atoms with Gasteiger partial charge in [0.1, 0.15) is 11.4 Å². The van der Waals surface area contributed by atoms with Crippen molar-refractivity contribution in [3.63, 3.8) is 0 Å². The van der Waals surface area contributed by atoms with Crippen molar-refractivity contribution in [2.24, 2.45) is 0 Å². The highest BCUT2D eigenvalue weighted by Crippen LogP contribution is 2.41. The molecule has 1 atom stereocenters. The molecule has 2 aliphatic heterocycles. The Bertz CT molecular complexity index is 1510. The van der Waals surface area contributed by atoms with Crippen LogP contribution >= 0.6 is 11.6 Å². The lowest BCUT2D eigenvalue weighted by Crippen LogP contribution is -2.29. The van der Waals surface area contributed by atoms with Crippen molar-refractivity contribution in [2.45, 2.75) is 12.6 Å². The Morgan fingerprint density at radius 2 is 1.85 bits per heavy atom. The smallest absolute Gasteiger partial charge is 0.291 e. The van der Waals surface area contributed by atoms with E-state index >= 15 is 0 Å². The number of ether oxygens (including phenoxy) is 2. The fourth-order valence-corrected chi connectivity index (χ4v) is 4.61. The molecular formula is C25H15ClFNO5.